The Kier molecular flexibility index (Phi) is 2.16. The van der Waals surface area contributed by atoms with Crippen molar-refractivity contribution in [2.24, 2.45) is 0 Å². The molecular formula is C3H5Cl2F. The third kappa shape index (κ3) is 4.51. The van der Waals surface area contributed by atoms with Gasteiger partial charge in [0.15, 0.2) is 0 Å². The number of halogens is 3. The Balaban J connectivity index is 3.17. The predicted octanol–water partition coefficient (Wildman–Crippen LogP) is 2.50. The third-order valence-electron chi connectivity index (χ3n) is 0.401. The average molecular weight is 131 g/mol. The van der Waals surface area contributed by atoms with Crippen LogP contribution < -0.4 is 0 Å². The number of hydrogen-bond acceptors (Lipinski definition) is 0. The first kappa shape index (κ1) is 6.51. The molecule has 0 saturated carbocycles. The van der Waals surface area contributed by atoms with Gasteiger partial charge in [0.1, 0.15) is 0 Å². The molecule has 0 aliphatic rings. The molecule has 0 spiro atoms. The summed E-state index contributed by atoms with van der Waals surface area (Å²) in [6.07, 6.45) is 0.135. The van der Waals surface area contributed by atoms with E-state index in [0.29, 0.717) is 0 Å². The van der Waals surface area contributed by atoms with Gasteiger partial charge in [-0.2, -0.15) is 0 Å². The van der Waals surface area contributed by atoms with E-state index in [1.165, 1.54) is 0 Å². The van der Waals surface area contributed by atoms with Gasteiger partial charge in [0.05, 0.1) is 0 Å². The van der Waals surface area contributed by atoms with Crippen LogP contribution >= 0.6 is 23.2 Å². The molecular weight excluding hydrogens is 126 g/mol. The molecule has 38 valence electrons. The van der Waals surface area contributed by atoms with Crippen LogP contribution in [0.1, 0.15) is 13.3 Å². The highest BCUT2D eigenvalue weighted by atomic mass is 35.5. The Hall–Kier alpha value is 0.510. The summed E-state index contributed by atoms with van der Waals surface area (Å²) < 4.78 is 9.64. The lowest BCUT2D eigenvalue weighted by Crippen LogP contribution is -1.98. The molecule has 0 amide bonds. The molecule has 0 atom stereocenters. The molecule has 0 aliphatic heterocycles. The fourth-order valence-corrected chi connectivity index (χ4v) is 0. The molecule has 0 aromatic carbocycles. The maximum absolute atomic E-state index is 11.6. The van der Waals surface area contributed by atoms with Crippen LogP contribution in [-0.4, -0.2) is 4.59 Å². The molecule has 0 nitrogen and oxygen atoms in total. The van der Waals surface area contributed by atoms with Crippen molar-refractivity contribution in [3.05, 3.63) is 0 Å². The summed E-state index contributed by atoms with van der Waals surface area (Å²) in [5.41, 5.74) is 0. The first-order valence-corrected chi connectivity index (χ1v) is 2.38. The van der Waals surface area contributed by atoms with E-state index in [2.05, 4.69) is 0 Å². The smallest absolute Gasteiger partial charge is 0.208 e. The average Bonchev–Trinajstić information content (AvgIpc) is 1.35. The topological polar surface area (TPSA) is 0 Å². The summed E-state index contributed by atoms with van der Waals surface area (Å²) >= 11 is 9.63. The van der Waals surface area contributed by atoms with Crippen molar-refractivity contribution in [3.63, 3.8) is 0 Å². The molecule has 0 radical (unpaired) electrons. The maximum Gasteiger partial charge on any atom is 0.257 e. The summed E-state index contributed by atoms with van der Waals surface area (Å²) in [7, 11) is 0. The first-order chi connectivity index (χ1) is 2.56. The van der Waals surface area contributed by atoms with Gasteiger partial charge in [-0.25, -0.2) is 4.39 Å². The fourth-order valence-electron chi connectivity index (χ4n) is 0. The highest BCUT2D eigenvalue weighted by Gasteiger charge is 2.16. The molecule has 0 aromatic heterocycles. The van der Waals surface area contributed by atoms with Gasteiger partial charge in [-0.1, -0.05) is 30.1 Å². The molecule has 0 N–H and O–H groups in total. The van der Waals surface area contributed by atoms with Gasteiger partial charge in [0.2, 0.25) is 0 Å². The van der Waals surface area contributed by atoms with Gasteiger partial charge in [-0.3, -0.25) is 0 Å². The normalized spacial score (nSPS) is 12.0. The molecule has 3 heteroatoms. The van der Waals surface area contributed by atoms with Crippen molar-refractivity contribution in [1.29, 1.82) is 0 Å². The second-order valence-corrected chi connectivity index (χ2v) is 2.36. The number of alkyl halides is 3. The second kappa shape index (κ2) is 1.99. The maximum atomic E-state index is 11.6. The van der Waals surface area contributed by atoms with E-state index < -0.39 is 4.59 Å². The van der Waals surface area contributed by atoms with Crippen molar-refractivity contribution < 1.29 is 4.39 Å². The van der Waals surface area contributed by atoms with Gasteiger partial charge in [-0.05, 0) is 0 Å². The Morgan fingerprint density at radius 1 is 1.67 bits per heavy atom. The molecule has 0 aliphatic carbocycles. The minimum absolute atomic E-state index is 0.135. The largest absolute Gasteiger partial charge is 0.257 e. The first-order valence-electron chi connectivity index (χ1n) is 1.63. The van der Waals surface area contributed by atoms with Crippen molar-refractivity contribution in [3.8, 4) is 0 Å². The molecule has 0 bridgehead atoms. The van der Waals surface area contributed by atoms with Gasteiger partial charge in [0, 0.05) is 6.42 Å². The standard InChI is InChI=1S/C3H5Cl2F/c1-2-3(4,5)6/h2H2,1H3. The Morgan fingerprint density at radius 2 is 1.83 bits per heavy atom. The SMILES string of the molecule is CCC(F)(Cl)Cl. The predicted molar refractivity (Wildman–Crippen MR) is 25.8 cm³/mol. The van der Waals surface area contributed by atoms with E-state index in [1.54, 1.807) is 6.92 Å². The zero-order chi connectivity index (χ0) is 5.21. The van der Waals surface area contributed by atoms with Crippen LogP contribution in [0.15, 0.2) is 0 Å². The van der Waals surface area contributed by atoms with E-state index in [4.69, 9.17) is 23.2 Å². The van der Waals surface area contributed by atoms with Crippen LogP contribution in [0, 0.1) is 0 Å². The van der Waals surface area contributed by atoms with Crippen LogP contribution in [0.5, 0.6) is 0 Å². The van der Waals surface area contributed by atoms with Gasteiger partial charge in [0.25, 0.3) is 4.59 Å². The van der Waals surface area contributed by atoms with E-state index in [9.17, 15) is 4.39 Å². The molecule has 0 aromatic rings. The summed E-state index contributed by atoms with van der Waals surface area (Å²) in [4.78, 5) is 0. The van der Waals surface area contributed by atoms with Gasteiger partial charge in [-0.15, -0.1) is 0 Å². The molecule has 6 heavy (non-hydrogen) atoms. The lowest BCUT2D eigenvalue weighted by atomic mass is 10.5. The zero-order valence-electron chi connectivity index (χ0n) is 3.34. The lowest BCUT2D eigenvalue weighted by molar-refractivity contribution is 0.383. The van der Waals surface area contributed by atoms with Crippen molar-refractivity contribution >= 4 is 23.2 Å². The quantitative estimate of drug-likeness (QED) is 0.479. The van der Waals surface area contributed by atoms with E-state index in [0.717, 1.165) is 0 Å². The Labute approximate surface area is 46.2 Å². The van der Waals surface area contributed by atoms with Crippen molar-refractivity contribution in [2.75, 3.05) is 0 Å². The van der Waals surface area contributed by atoms with Crippen LogP contribution in [-0.2, 0) is 0 Å². The third-order valence-corrected chi connectivity index (χ3v) is 0.935. The molecule has 0 unspecified atom stereocenters. The van der Waals surface area contributed by atoms with Crippen LogP contribution in [0.4, 0.5) is 4.39 Å². The summed E-state index contributed by atoms with van der Waals surface area (Å²) in [5.74, 6) is 0. The monoisotopic (exact) mass is 130 g/mol. The van der Waals surface area contributed by atoms with E-state index in [1.807, 2.05) is 0 Å². The highest BCUT2D eigenvalue weighted by molar-refractivity contribution is 6.46. The summed E-state index contributed by atoms with van der Waals surface area (Å²) in [6.45, 7) is 1.57. The highest BCUT2D eigenvalue weighted by Crippen LogP contribution is 2.25. The molecule has 0 heterocycles. The number of hydrogen-bond donors (Lipinski definition) is 0. The van der Waals surface area contributed by atoms with E-state index in [-0.39, 0.29) is 6.42 Å². The van der Waals surface area contributed by atoms with Crippen molar-refractivity contribution in [1.82, 2.24) is 0 Å². The van der Waals surface area contributed by atoms with Gasteiger partial charge >= 0.3 is 0 Å². The minimum Gasteiger partial charge on any atom is -0.208 e. The fraction of sp³-hybridized carbons (Fsp3) is 1.00. The van der Waals surface area contributed by atoms with Gasteiger partial charge < -0.3 is 0 Å². The minimum atomic E-state index is -2.01. The second-order valence-electron chi connectivity index (χ2n) is 0.969. The summed E-state index contributed by atoms with van der Waals surface area (Å²) in [5, 5.41) is 0. The molecule has 0 rings (SSSR count). The molecule has 0 saturated heterocycles. The zero-order valence-corrected chi connectivity index (χ0v) is 4.85. The van der Waals surface area contributed by atoms with Crippen LogP contribution in [0.2, 0.25) is 0 Å². The summed E-state index contributed by atoms with van der Waals surface area (Å²) in [6, 6.07) is 0. The van der Waals surface area contributed by atoms with E-state index >= 15 is 0 Å². The van der Waals surface area contributed by atoms with Crippen LogP contribution in [0.25, 0.3) is 0 Å². The van der Waals surface area contributed by atoms with Crippen molar-refractivity contribution in [2.45, 2.75) is 17.9 Å². The molecule has 0 fully saturated rings. The van der Waals surface area contributed by atoms with Crippen LogP contribution in [0.3, 0.4) is 0 Å². The Bertz CT molecular complexity index is 38.5. The Morgan fingerprint density at radius 3 is 1.83 bits per heavy atom. The number of rotatable bonds is 1. The lowest BCUT2D eigenvalue weighted by Gasteiger charge is -2.00.